The molecule has 21 heavy (non-hydrogen) atoms. The predicted molar refractivity (Wildman–Crippen MR) is 72.3 cm³/mol. The molecule has 0 bridgehead atoms. The average molecular weight is 289 g/mol. The van der Waals surface area contributed by atoms with E-state index in [2.05, 4.69) is 4.98 Å². The standard InChI is InChI=1S/C15H12FNO4/c1-2-14(18)13-6-4-10(8-17-13)21-9-3-5-11(15(19)20)12(16)7-9/h3-8H,2H2,1H3,(H,19,20). The number of carbonyl (C=O) groups excluding carboxylic acids is 1. The summed E-state index contributed by atoms with van der Waals surface area (Å²) >= 11 is 0. The van der Waals surface area contributed by atoms with Gasteiger partial charge in [0.1, 0.15) is 23.0 Å². The number of aromatic nitrogens is 1. The number of aromatic carboxylic acids is 1. The molecular formula is C15H12FNO4. The number of rotatable bonds is 5. The summed E-state index contributed by atoms with van der Waals surface area (Å²) in [6.07, 6.45) is 1.71. The summed E-state index contributed by atoms with van der Waals surface area (Å²) in [4.78, 5) is 26.1. The van der Waals surface area contributed by atoms with Crippen LogP contribution in [0.3, 0.4) is 0 Å². The van der Waals surface area contributed by atoms with Crippen LogP contribution in [0.5, 0.6) is 11.5 Å². The molecule has 0 saturated carbocycles. The zero-order valence-corrected chi connectivity index (χ0v) is 11.2. The highest BCUT2D eigenvalue weighted by Gasteiger charge is 2.11. The molecule has 0 saturated heterocycles. The van der Waals surface area contributed by atoms with Gasteiger partial charge < -0.3 is 9.84 Å². The maximum atomic E-state index is 13.5. The van der Waals surface area contributed by atoms with E-state index in [9.17, 15) is 14.0 Å². The molecule has 2 rings (SSSR count). The first kappa shape index (κ1) is 14.6. The number of halogens is 1. The van der Waals surface area contributed by atoms with Gasteiger partial charge in [0, 0.05) is 12.5 Å². The third-order valence-corrected chi connectivity index (χ3v) is 2.75. The summed E-state index contributed by atoms with van der Waals surface area (Å²) in [5, 5.41) is 8.73. The van der Waals surface area contributed by atoms with Gasteiger partial charge in [-0.1, -0.05) is 6.92 Å². The third-order valence-electron chi connectivity index (χ3n) is 2.75. The fraction of sp³-hybridized carbons (Fsp3) is 0.133. The number of hydrogen-bond acceptors (Lipinski definition) is 4. The molecule has 0 amide bonds. The summed E-state index contributed by atoms with van der Waals surface area (Å²) in [5.74, 6) is -1.84. The lowest BCUT2D eigenvalue weighted by Crippen LogP contribution is -2.01. The molecule has 0 fully saturated rings. The number of benzene rings is 1. The molecule has 0 aliphatic carbocycles. The van der Waals surface area contributed by atoms with E-state index in [4.69, 9.17) is 9.84 Å². The van der Waals surface area contributed by atoms with Crippen LogP contribution < -0.4 is 4.74 Å². The Kier molecular flexibility index (Phi) is 4.27. The van der Waals surface area contributed by atoms with Crippen LogP contribution in [0.2, 0.25) is 0 Å². The Hall–Kier alpha value is -2.76. The molecule has 2 aromatic rings. The first-order valence-electron chi connectivity index (χ1n) is 6.21. The van der Waals surface area contributed by atoms with E-state index in [1.54, 1.807) is 13.0 Å². The Morgan fingerprint density at radius 2 is 1.95 bits per heavy atom. The largest absolute Gasteiger partial charge is 0.478 e. The molecule has 0 aliphatic rings. The van der Waals surface area contributed by atoms with Crippen LogP contribution >= 0.6 is 0 Å². The van der Waals surface area contributed by atoms with Gasteiger partial charge in [-0.3, -0.25) is 4.79 Å². The van der Waals surface area contributed by atoms with E-state index >= 15 is 0 Å². The second kappa shape index (κ2) is 6.13. The van der Waals surface area contributed by atoms with Crippen molar-refractivity contribution in [2.24, 2.45) is 0 Å². The fourth-order valence-corrected chi connectivity index (χ4v) is 1.66. The molecule has 1 N–H and O–H groups in total. The maximum absolute atomic E-state index is 13.5. The summed E-state index contributed by atoms with van der Waals surface area (Å²) in [7, 11) is 0. The van der Waals surface area contributed by atoms with Gasteiger partial charge in [-0.25, -0.2) is 14.2 Å². The number of pyridine rings is 1. The van der Waals surface area contributed by atoms with E-state index in [-0.39, 0.29) is 11.5 Å². The second-order valence-electron chi connectivity index (χ2n) is 4.20. The van der Waals surface area contributed by atoms with Crippen molar-refractivity contribution in [2.75, 3.05) is 0 Å². The van der Waals surface area contributed by atoms with Crippen molar-refractivity contribution >= 4 is 11.8 Å². The monoisotopic (exact) mass is 289 g/mol. The minimum absolute atomic E-state index is 0.0848. The summed E-state index contributed by atoms with van der Waals surface area (Å²) in [6, 6.07) is 6.50. The molecule has 1 heterocycles. The van der Waals surface area contributed by atoms with E-state index in [0.29, 0.717) is 17.9 Å². The second-order valence-corrected chi connectivity index (χ2v) is 4.20. The average Bonchev–Trinajstić information content (AvgIpc) is 2.47. The third kappa shape index (κ3) is 3.42. The van der Waals surface area contributed by atoms with Crippen LogP contribution in [0.15, 0.2) is 36.5 Å². The molecule has 1 aromatic heterocycles. The number of carbonyl (C=O) groups is 2. The van der Waals surface area contributed by atoms with Gasteiger partial charge in [0.25, 0.3) is 0 Å². The molecule has 108 valence electrons. The van der Waals surface area contributed by atoms with E-state index in [0.717, 1.165) is 12.1 Å². The van der Waals surface area contributed by atoms with Gasteiger partial charge in [-0.05, 0) is 24.3 Å². The highest BCUT2D eigenvalue weighted by atomic mass is 19.1. The van der Waals surface area contributed by atoms with Gasteiger partial charge in [0.2, 0.25) is 0 Å². The molecule has 1 aromatic carbocycles. The Labute approximate surface area is 120 Å². The van der Waals surface area contributed by atoms with Crippen molar-refractivity contribution < 1.29 is 23.8 Å². The van der Waals surface area contributed by atoms with E-state index < -0.39 is 17.3 Å². The zero-order valence-electron chi connectivity index (χ0n) is 11.2. The van der Waals surface area contributed by atoms with Gasteiger partial charge in [-0.2, -0.15) is 0 Å². The van der Waals surface area contributed by atoms with Crippen molar-refractivity contribution in [2.45, 2.75) is 13.3 Å². The lowest BCUT2D eigenvalue weighted by atomic mass is 10.2. The fourth-order valence-electron chi connectivity index (χ4n) is 1.66. The maximum Gasteiger partial charge on any atom is 0.338 e. The minimum atomic E-state index is -1.34. The number of Topliss-reactive ketones (excluding diaryl/α,β-unsaturated/α-hetero) is 1. The number of carboxylic acids is 1. The van der Waals surface area contributed by atoms with Crippen LogP contribution in [0.4, 0.5) is 4.39 Å². The molecule has 0 unspecified atom stereocenters. The zero-order chi connectivity index (χ0) is 15.4. The Balaban J connectivity index is 2.17. The Bertz CT molecular complexity index is 683. The van der Waals surface area contributed by atoms with Crippen LogP contribution in [-0.4, -0.2) is 21.8 Å². The van der Waals surface area contributed by atoms with Gasteiger partial charge in [0.05, 0.1) is 11.8 Å². The molecule has 0 atom stereocenters. The van der Waals surface area contributed by atoms with E-state index in [1.165, 1.54) is 18.3 Å². The van der Waals surface area contributed by atoms with Crippen molar-refractivity contribution in [1.29, 1.82) is 0 Å². The molecule has 5 nitrogen and oxygen atoms in total. The SMILES string of the molecule is CCC(=O)c1ccc(Oc2ccc(C(=O)O)c(F)c2)cn1. The van der Waals surface area contributed by atoms with Gasteiger partial charge >= 0.3 is 5.97 Å². The number of ether oxygens (including phenoxy) is 1. The lowest BCUT2D eigenvalue weighted by Gasteiger charge is -2.07. The van der Waals surface area contributed by atoms with Crippen LogP contribution in [0.1, 0.15) is 34.2 Å². The first-order chi connectivity index (χ1) is 10.0. The van der Waals surface area contributed by atoms with Gasteiger partial charge in [-0.15, -0.1) is 0 Å². The van der Waals surface area contributed by atoms with Crippen molar-refractivity contribution in [1.82, 2.24) is 4.98 Å². The molecule has 0 spiro atoms. The molecule has 0 aliphatic heterocycles. The predicted octanol–water partition coefficient (Wildman–Crippen LogP) is 3.30. The highest BCUT2D eigenvalue weighted by Crippen LogP contribution is 2.23. The summed E-state index contributed by atoms with van der Waals surface area (Å²) in [6.45, 7) is 1.74. The van der Waals surface area contributed by atoms with Crippen molar-refractivity contribution in [3.8, 4) is 11.5 Å². The molecule has 0 radical (unpaired) electrons. The summed E-state index contributed by atoms with van der Waals surface area (Å²) < 4.78 is 18.9. The van der Waals surface area contributed by atoms with Crippen LogP contribution in [0, 0.1) is 5.82 Å². The number of ketones is 1. The van der Waals surface area contributed by atoms with Crippen molar-refractivity contribution in [3.63, 3.8) is 0 Å². The number of carboxylic acid groups (broad SMARTS) is 1. The number of nitrogens with zero attached hydrogens (tertiary/aromatic N) is 1. The topological polar surface area (TPSA) is 76.5 Å². The smallest absolute Gasteiger partial charge is 0.338 e. The first-order valence-corrected chi connectivity index (χ1v) is 6.21. The lowest BCUT2D eigenvalue weighted by molar-refractivity contribution is 0.0691. The Morgan fingerprint density at radius 1 is 1.24 bits per heavy atom. The highest BCUT2D eigenvalue weighted by molar-refractivity contribution is 5.93. The minimum Gasteiger partial charge on any atom is -0.478 e. The van der Waals surface area contributed by atoms with Crippen molar-refractivity contribution in [3.05, 3.63) is 53.6 Å². The summed E-state index contributed by atoms with van der Waals surface area (Å²) in [5.41, 5.74) is -0.0957. The quantitative estimate of drug-likeness (QED) is 0.854. The molecular weight excluding hydrogens is 277 g/mol. The van der Waals surface area contributed by atoms with E-state index in [1.807, 2.05) is 0 Å². The van der Waals surface area contributed by atoms with Gasteiger partial charge in [0.15, 0.2) is 5.78 Å². The molecule has 6 heteroatoms. The number of hydrogen-bond donors (Lipinski definition) is 1. The van der Waals surface area contributed by atoms with Crippen LogP contribution in [-0.2, 0) is 0 Å². The van der Waals surface area contributed by atoms with Crippen LogP contribution in [0.25, 0.3) is 0 Å². The normalized spacial score (nSPS) is 10.2. The Morgan fingerprint density at radius 3 is 2.48 bits per heavy atom.